The van der Waals surface area contributed by atoms with Gasteiger partial charge in [-0.3, -0.25) is 0 Å². The van der Waals surface area contributed by atoms with Gasteiger partial charge in [-0.05, 0) is 19.5 Å². The molecule has 0 atom stereocenters. The molecular weight excluding hydrogens is 374 g/mol. The van der Waals surface area contributed by atoms with Gasteiger partial charge in [0, 0.05) is 33.3 Å². The second-order valence-electron chi connectivity index (χ2n) is 5.92. The average molecular weight is 401 g/mol. The topological polar surface area (TPSA) is 98.3 Å². The maximum absolute atomic E-state index is 12.9. The molecule has 0 unspecified atom stereocenters. The largest absolute Gasteiger partial charge is 0.475 e. The molecule has 0 amide bonds. The third-order valence-electron chi connectivity index (χ3n) is 4.26. The van der Waals surface area contributed by atoms with Crippen molar-refractivity contribution in [2.45, 2.75) is 18.7 Å². The molecule has 0 radical (unpaired) electrons. The number of sulfonamides is 1. The Labute approximate surface area is 160 Å². The first-order valence-corrected chi connectivity index (χ1v) is 10.4. The first kappa shape index (κ1) is 21.5. The van der Waals surface area contributed by atoms with Crippen molar-refractivity contribution in [2.75, 3.05) is 59.7 Å². The molecule has 1 aromatic heterocycles. The van der Waals surface area contributed by atoms with Crippen LogP contribution in [-0.4, -0.2) is 88.2 Å². The number of aromatic nitrogens is 1. The summed E-state index contributed by atoms with van der Waals surface area (Å²) in [6.07, 6.45) is 1.21. The predicted octanol–water partition coefficient (Wildman–Crippen LogP) is 0.610. The number of carbonyl (C=O) groups is 1. The van der Waals surface area contributed by atoms with Gasteiger partial charge in [0.1, 0.15) is 17.1 Å². The third-order valence-corrected chi connectivity index (χ3v) is 6.13. The van der Waals surface area contributed by atoms with E-state index in [1.54, 1.807) is 6.92 Å². The number of methoxy groups -OCH3 is 1. The molecule has 0 saturated carbocycles. The second kappa shape index (κ2) is 9.98. The smallest absolute Gasteiger partial charge is 0.343 e. The van der Waals surface area contributed by atoms with E-state index in [-0.39, 0.29) is 29.6 Å². The van der Waals surface area contributed by atoms with Crippen LogP contribution in [0, 0.1) is 0 Å². The zero-order chi connectivity index (χ0) is 19.9. The summed E-state index contributed by atoms with van der Waals surface area (Å²) in [4.78, 5) is 18.4. The van der Waals surface area contributed by atoms with Crippen LogP contribution in [0.2, 0.25) is 0 Å². The van der Waals surface area contributed by atoms with E-state index in [2.05, 4.69) is 9.88 Å². The molecule has 0 spiro atoms. The van der Waals surface area contributed by atoms with Gasteiger partial charge in [-0.25, -0.2) is 18.2 Å². The number of pyridine rings is 1. The van der Waals surface area contributed by atoms with Crippen LogP contribution in [0.4, 0.5) is 0 Å². The lowest BCUT2D eigenvalue weighted by atomic mass is 10.3. The van der Waals surface area contributed by atoms with Crippen LogP contribution in [0.1, 0.15) is 24.2 Å². The minimum absolute atomic E-state index is 0.0128. The predicted molar refractivity (Wildman–Crippen MR) is 98.4 cm³/mol. The Bertz CT molecular complexity index is 732. The number of rotatable bonds is 9. The van der Waals surface area contributed by atoms with Gasteiger partial charge in [0.15, 0.2) is 0 Å². The van der Waals surface area contributed by atoms with Crippen molar-refractivity contribution in [3.8, 4) is 5.88 Å². The lowest BCUT2D eigenvalue weighted by Crippen LogP contribution is -2.48. The van der Waals surface area contributed by atoms with Crippen LogP contribution in [0.25, 0.3) is 0 Å². The highest BCUT2D eigenvalue weighted by Gasteiger charge is 2.30. The van der Waals surface area contributed by atoms with Crippen LogP contribution < -0.4 is 4.74 Å². The summed E-state index contributed by atoms with van der Waals surface area (Å²) in [6.45, 7) is 7.40. The SMILES string of the molecule is CCOC(=O)c1cc(S(=O)(=O)N2CCN(CC)CC2)cnc1OCCOC. The summed E-state index contributed by atoms with van der Waals surface area (Å²) in [7, 11) is -2.23. The quantitative estimate of drug-likeness (QED) is 0.438. The van der Waals surface area contributed by atoms with E-state index < -0.39 is 16.0 Å². The molecule has 0 bridgehead atoms. The normalized spacial score (nSPS) is 16.3. The Morgan fingerprint density at radius 2 is 1.89 bits per heavy atom. The van der Waals surface area contributed by atoms with E-state index in [1.807, 2.05) is 6.92 Å². The fourth-order valence-electron chi connectivity index (χ4n) is 2.70. The Hall–Kier alpha value is -1.75. The van der Waals surface area contributed by atoms with E-state index in [4.69, 9.17) is 14.2 Å². The van der Waals surface area contributed by atoms with Crippen LogP contribution in [0.15, 0.2) is 17.2 Å². The monoisotopic (exact) mass is 401 g/mol. The van der Waals surface area contributed by atoms with Crippen LogP contribution in [-0.2, 0) is 19.5 Å². The van der Waals surface area contributed by atoms with E-state index in [0.29, 0.717) is 32.8 Å². The molecule has 0 N–H and O–H groups in total. The fourth-order valence-corrected chi connectivity index (χ4v) is 4.10. The lowest BCUT2D eigenvalue weighted by Gasteiger charge is -2.33. The molecule has 0 aromatic carbocycles. The van der Waals surface area contributed by atoms with Crippen LogP contribution in [0.5, 0.6) is 5.88 Å². The van der Waals surface area contributed by atoms with Crippen LogP contribution >= 0.6 is 0 Å². The molecule has 1 aliphatic rings. The number of likely N-dealkylation sites (N-methyl/N-ethyl adjacent to an activating group) is 1. The maximum atomic E-state index is 12.9. The van der Waals surface area contributed by atoms with Gasteiger partial charge in [0.2, 0.25) is 15.9 Å². The summed E-state index contributed by atoms with van der Waals surface area (Å²) < 4.78 is 42.7. The van der Waals surface area contributed by atoms with Crippen molar-refractivity contribution in [1.82, 2.24) is 14.2 Å². The molecule has 1 fully saturated rings. The zero-order valence-electron chi connectivity index (χ0n) is 16.0. The summed E-state index contributed by atoms with van der Waals surface area (Å²) in [5.74, 6) is -0.648. The van der Waals surface area contributed by atoms with Crippen molar-refractivity contribution < 1.29 is 27.4 Å². The van der Waals surface area contributed by atoms with Gasteiger partial charge in [-0.15, -0.1) is 0 Å². The van der Waals surface area contributed by atoms with Gasteiger partial charge in [0.25, 0.3) is 0 Å². The van der Waals surface area contributed by atoms with E-state index in [9.17, 15) is 13.2 Å². The number of ether oxygens (including phenoxy) is 3. The van der Waals surface area contributed by atoms with Crippen molar-refractivity contribution in [1.29, 1.82) is 0 Å². The first-order valence-electron chi connectivity index (χ1n) is 8.95. The molecular formula is C17H27N3O6S. The number of hydrogen-bond donors (Lipinski definition) is 0. The Morgan fingerprint density at radius 3 is 2.48 bits per heavy atom. The number of nitrogens with zero attached hydrogens (tertiary/aromatic N) is 3. The Morgan fingerprint density at radius 1 is 1.19 bits per heavy atom. The van der Waals surface area contributed by atoms with Gasteiger partial charge in [-0.2, -0.15) is 4.31 Å². The maximum Gasteiger partial charge on any atom is 0.343 e. The van der Waals surface area contributed by atoms with Gasteiger partial charge in [-0.1, -0.05) is 6.92 Å². The van der Waals surface area contributed by atoms with Gasteiger partial charge in [0.05, 0.1) is 19.4 Å². The molecule has 2 rings (SSSR count). The minimum atomic E-state index is -3.75. The summed E-state index contributed by atoms with van der Waals surface area (Å²) in [5, 5.41) is 0. The summed E-state index contributed by atoms with van der Waals surface area (Å²) >= 11 is 0. The number of piperazine rings is 1. The third kappa shape index (κ3) is 5.38. The number of esters is 1. The molecule has 10 heteroatoms. The molecule has 152 valence electrons. The lowest BCUT2D eigenvalue weighted by molar-refractivity contribution is 0.0518. The molecule has 1 aromatic rings. The Balaban J connectivity index is 2.28. The molecule has 2 heterocycles. The average Bonchev–Trinajstić information content (AvgIpc) is 2.68. The minimum Gasteiger partial charge on any atom is -0.475 e. The number of hydrogen-bond acceptors (Lipinski definition) is 8. The fraction of sp³-hybridized carbons (Fsp3) is 0.647. The van der Waals surface area contributed by atoms with Crippen molar-refractivity contribution in [3.05, 3.63) is 17.8 Å². The molecule has 1 saturated heterocycles. The van der Waals surface area contributed by atoms with Crippen molar-refractivity contribution >= 4 is 16.0 Å². The van der Waals surface area contributed by atoms with E-state index in [0.717, 1.165) is 6.54 Å². The second-order valence-corrected chi connectivity index (χ2v) is 7.86. The van der Waals surface area contributed by atoms with Crippen molar-refractivity contribution in [2.24, 2.45) is 0 Å². The highest BCUT2D eigenvalue weighted by Crippen LogP contribution is 2.24. The van der Waals surface area contributed by atoms with Gasteiger partial charge < -0.3 is 19.1 Å². The zero-order valence-corrected chi connectivity index (χ0v) is 16.8. The molecule has 0 aliphatic carbocycles. The van der Waals surface area contributed by atoms with Crippen molar-refractivity contribution in [3.63, 3.8) is 0 Å². The van der Waals surface area contributed by atoms with Crippen LogP contribution in [0.3, 0.4) is 0 Å². The standard InChI is InChI=1S/C17H27N3O6S/c1-4-19-6-8-20(9-7-19)27(22,23)14-12-15(17(21)25-5-2)16(18-13-14)26-11-10-24-3/h12-13H,4-11H2,1-3H3. The summed E-state index contributed by atoms with van der Waals surface area (Å²) in [5.41, 5.74) is -0.0128. The first-order chi connectivity index (χ1) is 12.9. The summed E-state index contributed by atoms with van der Waals surface area (Å²) in [6, 6.07) is 1.27. The highest BCUT2D eigenvalue weighted by molar-refractivity contribution is 7.89. The van der Waals surface area contributed by atoms with Gasteiger partial charge >= 0.3 is 5.97 Å². The van der Waals surface area contributed by atoms with E-state index >= 15 is 0 Å². The van der Waals surface area contributed by atoms with E-state index in [1.165, 1.54) is 23.7 Å². The molecule has 1 aliphatic heterocycles. The Kier molecular flexibility index (Phi) is 7.96. The molecule has 9 nitrogen and oxygen atoms in total. The number of carbonyl (C=O) groups excluding carboxylic acids is 1. The highest BCUT2D eigenvalue weighted by atomic mass is 32.2. The molecule has 27 heavy (non-hydrogen) atoms.